The number of esters is 1. The molecule has 0 saturated carbocycles. The molecule has 2 aromatic rings. The Labute approximate surface area is 169 Å². The van der Waals surface area contributed by atoms with E-state index in [4.69, 9.17) is 18.9 Å². The van der Waals surface area contributed by atoms with E-state index >= 15 is 0 Å². The standard InChI is InChI=1S/C22H26O7/c1-11-16-8-15(21(12(2)23)28-13(3)24)10-19(27-5)22(16)29-20(11)14-6-7-17(25)18(9-14)26-4/h6-12,20-21,23,25H,1-5H3/t11-,12?,20-,21?/m0/s1. The van der Waals surface area contributed by atoms with Crippen molar-refractivity contribution in [2.45, 2.75) is 45.0 Å². The number of methoxy groups -OCH3 is 2. The Morgan fingerprint density at radius 3 is 2.41 bits per heavy atom. The SMILES string of the molecule is COc1cc([C@H]2Oc3c(OC)cc(C(OC(C)=O)C(C)O)cc3[C@@H]2C)ccc1O. The first-order chi connectivity index (χ1) is 13.8. The maximum absolute atomic E-state index is 11.5. The summed E-state index contributed by atoms with van der Waals surface area (Å²) in [5.41, 5.74) is 2.36. The van der Waals surface area contributed by atoms with Crippen LogP contribution < -0.4 is 14.2 Å². The van der Waals surface area contributed by atoms with Crippen LogP contribution in [0.4, 0.5) is 0 Å². The highest BCUT2D eigenvalue weighted by atomic mass is 16.6. The summed E-state index contributed by atoms with van der Waals surface area (Å²) in [6, 6.07) is 8.69. The summed E-state index contributed by atoms with van der Waals surface area (Å²) in [6.45, 7) is 4.89. The Morgan fingerprint density at radius 2 is 1.83 bits per heavy atom. The van der Waals surface area contributed by atoms with Crippen molar-refractivity contribution in [1.29, 1.82) is 0 Å². The number of aliphatic hydroxyl groups is 1. The molecule has 1 heterocycles. The zero-order valence-corrected chi connectivity index (χ0v) is 17.1. The molecule has 2 N–H and O–H groups in total. The van der Waals surface area contributed by atoms with Gasteiger partial charge in [-0.2, -0.15) is 0 Å². The van der Waals surface area contributed by atoms with Gasteiger partial charge in [0.15, 0.2) is 29.1 Å². The zero-order chi connectivity index (χ0) is 21.3. The second-order valence-corrected chi connectivity index (χ2v) is 7.17. The molecule has 0 bridgehead atoms. The van der Waals surface area contributed by atoms with E-state index in [1.807, 2.05) is 13.0 Å². The van der Waals surface area contributed by atoms with Gasteiger partial charge in [0.1, 0.15) is 6.10 Å². The molecule has 0 saturated heterocycles. The number of aliphatic hydroxyl groups excluding tert-OH is 1. The van der Waals surface area contributed by atoms with Crippen molar-refractivity contribution < 1.29 is 34.0 Å². The molecular weight excluding hydrogens is 376 g/mol. The Morgan fingerprint density at radius 1 is 1.14 bits per heavy atom. The lowest BCUT2D eigenvalue weighted by molar-refractivity contribution is -0.152. The molecule has 1 aliphatic rings. The number of hydrogen-bond donors (Lipinski definition) is 2. The average molecular weight is 402 g/mol. The zero-order valence-electron chi connectivity index (χ0n) is 17.1. The fourth-order valence-electron chi connectivity index (χ4n) is 3.67. The van der Waals surface area contributed by atoms with Crippen molar-refractivity contribution in [1.82, 2.24) is 0 Å². The number of rotatable bonds is 6. The van der Waals surface area contributed by atoms with Gasteiger partial charge in [-0.25, -0.2) is 0 Å². The number of benzene rings is 2. The monoisotopic (exact) mass is 402 g/mol. The van der Waals surface area contributed by atoms with Crippen LogP contribution in [0.25, 0.3) is 0 Å². The third-order valence-corrected chi connectivity index (χ3v) is 5.11. The maximum atomic E-state index is 11.5. The van der Waals surface area contributed by atoms with Crippen LogP contribution in [0.1, 0.15) is 55.6 Å². The molecule has 7 heteroatoms. The highest BCUT2D eigenvalue weighted by Crippen LogP contribution is 2.52. The normalized spacial score (nSPS) is 19.7. The van der Waals surface area contributed by atoms with Crippen molar-refractivity contribution in [2.24, 2.45) is 0 Å². The van der Waals surface area contributed by atoms with Crippen LogP contribution in [0.5, 0.6) is 23.0 Å². The largest absolute Gasteiger partial charge is 0.504 e. The first kappa shape index (κ1) is 20.8. The smallest absolute Gasteiger partial charge is 0.303 e. The molecule has 0 fully saturated rings. The molecule has 0 amide bonds. The molecule has 2 unspecified atom stereocenters. The first-order valence-corrected chi connectivity index (χ1v) is 9.37. The van der Waals surface area contributed by atoms with E-state index < -0.39 is 18.2 Å². The number of carbonyl (C=O) groups is 1. The fourth-order valence-corrected chi connectivity index (χ4v) is 3.67. The predicted octanol–water partition coefficient (Wildman–Crippen LogP) is 3.63. The van der Waals surface area contributed by atoms with E-state index in [1.165, 1.54) is 21.1 Å². The van der Waals surface area contributed by atoms with Gasteiger partial charge in [0.25, 0.3) is 0 Å². The summed E-state index contributed by atoms with van der Waals surface area (Å²) in [5.74, 6) is 0.989. The molecular formula is C22H26O7. The van der Waals surface area contributed by atoms with Crippen molar-refractivity contribution in [2.75, 3.05) is 14.2 Å². The lowest BCUT2D eigenvalue weighted by atomic mass is 9.90. The maximum Gasteiger partial charge on any atom is 0.303 e. The van der Waals surface area contributed by atoms with Crippen LogP contribution in [0.3, 0.4) is 0 Å². The van der Waals surface area contributed by atoms with Crippen molar-refractivity contribution in [3.8, 4) is 23.0 Å². The summed E-state index contributed by atoms with van der Waals surface area (Å²) < 4.78 is 22.3. The quantitative estimate of drug-likeness (QED) is 0.713. The van der Waals surface area contributed by atoms with Crippen molar-refractivity contribution >= 4 is 5.97 Å². The number of carbonyl (C=O) groups excluding carboxylic acids is 1. The van der Waals surface area contributed by atoms with Crippen LogP contribution in [0, 0.1) is 0 Å². The van der Waals surface area contributed by atoms with E-state index in [1.54, 1.807) is 31.2 Å². The minimum absolute atomic E-state index is 0.0555. The topological polar surface area (TPSA) is 94.5 Å². The van der Waals surface area contributed by atoms with Crippen molar-refractivity contribution in [3.63, 3.8) is 0 Å². The average Bonchev–Trinajstić information content (AvgIpc) is 3.02. The van der Waals surface area contributed by atoms with Gasteiger partial charge in [-0.3, -0.25) is 4.79 Å². The van der Waals surface area contributed by atoms with Gasteiger partial charge in [0, 0.05) is 18.4 Å². The number of aromatic hydroxyl groups is 1. The van der Waals surface area contributed by atoms with E-state index in [2.05, 4.69) is 0 Å². The number of phenolic OH excluding ortho intramolecular Hbond substituents is 1. The third-order valence-electron chi connectivity index (χ3n) is 5.11. The van der Waals surface area contributed by atoms with Gasteiger partial charge < -0.3 is 29.2 Å². The van der Waals surface area contributed by atoms with Gasteiger partial charge in [-0.05, 0) is 42.3 Å². The minimum atomic E-state index is -0.892. The fraction of sp³-hybridized carbons (Fsp3) is 0.409. The Balaban J connectivity index is 2.02. The second-order valence-electron chi connectivity index (χ2n) is 7.17. The molecule has 0 spiro atoms. The molecule has 29 heavy (non-hydrogen) atoms. The highest BCUT2D eigenvalue weighted by Gasteiger charge is 2.36. The number of hydrogen-bond acceptors (Lipinski definition) is 7. The van der Waals surface area contributed by atoms with E-state index in [-0.39, 0.29) is 17.8 Å². The van der Waals surface area contributed by atoms with E-state index in [0.29, 0.717) is 22.8 Å². The molecule has 156 valence electrons. The van der Waals surface area contributed by atoms with Crippen LogP contribution in [-0.4, -0.2) is 36.5 Å². The summed E-state index contributed by atoms with van der Waals surface area (Å²) in [7, 11) is 3.03. The molecule has 0 aliphatic carbocycles. The summed E-state index contributed by atoms with van der Waals surface area (Å²) in [4.78, 5) is 11.5. The lowest BCUT2D eigenvalue weighted by Crippen LogP contribution is -2.20. The van der Waals surface area contributed by atoms with E-state index in [0.717, 1.165) is 11.1 Å². The van der Waals surface area contributed by atoms with Crippen LogP contribution in [0.15, 0.2) is 30.3 Å². The van der Waals surface area contributed by atoms with E-state index in [9.17, 15) is 15.0 Å². The van der Waals surface area contributed by atoms with Gasteiger partial charge in [0.2, 0.25) is 0 Å². The summed E-state index contributed by atoms with van der Waals surface area (Å²) >= 11 is 0. The van der Waals surface area contributed by atoms with Crippen LogP contribution in [0.2, 0.25) is 0 Å². The van der Waals surface area contributed by atoms with Gasteiger partial charge in [0.05, 0.1) is 20.3 Å². The molecule has 0 aromatic heterocycles. The lowest BCUT2D eigenvalue weighted by Gasteiger charge is -2.22. The Kier molecular flexibility index (Phi) is 5.88. The number of ether oxygens (including phenoxy) is 4. The summed E-state index contributed by atoms with van der Waals surface area (Å²) in [6.07, 6.45) is -2.02. The van der Waals surface area contributed by atoms with Gasteiger partial charge in [-0.15, -0.1) is 0 Å². The Bertz CT molecular complexity index is 906. The molecule has 1 aliphatic heterocycles. The van der Waals surface area contributed by atoms with Crippen LogP contribution in [-0.2, 0) is 9.53 Å². The summed E-state index contributed by atoms with van der Waals surface area (Å²) in [5, 5.41) is 20.0. The van der Waals surface area contributed by atoms with Gasteiger partial charge in [-0.1, -0.05) is 13.0 Å². The minimum Gasteiger partial charge on any atom is -0.504 e. The molecule has 0 radical (unpaired) electrons. The third kappa shape index (κ3) is 3.96. The molecule has 3 rings (SSSR count). The van der Waals surface area contributed by atoms with Crippen molar-refractivity contribution in [3.05, 3.63) is 47.0 Å². The Hall–Kier alpha value is -2.93. The molecule has 4 atom stereocenters. The first-order valence-electron chi connectivity index (χ1n) is 9.37. The second kappa shape index (κ2) is 8.21. The molecule has 7 nitrogen and oxygen atoms in total. The van der Waals surface area contributed by atoms with Gasteiger partial charge >= 0.3 is 5.97 Å². The number of fused-ring (bicyclic) bond motifs is 1. The predicted molar refractivity (Wildman–Crippen MR) is 106 cm³/mol. The highest BCUT2D eigenvalue weighted by molar-refractivity contribution is 5.66. The number of phenols is 1. The molecule has 2 aromatic carbocycles. The van der Waals surface area contributed by atoms with Crippen LogP contribution >= 0.6 is 0 Å².